The summed E-state index contributed by atoms with van der Waals surface area (Å²) in [6, 6.07) is 198. The second kappa shape index (κ2) is 37.8. The van der Waals surface area contributed by atoms with Gasteiger partial charge in [-0.2, -0.15) is 0 Å². The van der Waals surface area contributed by atoms with Gasteiger partial charge in [-0.15, -0.1) is 0 Å². The third-order valence-corrected chi connectivity index (χ3v) is 27.4. The average Bonchev–Trinajstić information content (AvgIpc) is 1.56. The highest BCUT2D eigenvalue weighted by Gasteiger charge is 2.37. The molecule has 4 nitrogen and oxygen atoms in total. The molecule has 1 aromatic heterocycles. The molecule has 0 N–H and O–H groups in total. The molecule has 0 amide bonds. The fourth-order valence-corrected chi connectivity index (χ4v) is 20.4. The van der Waals surface area contributed by atoms with Crippen molar-refractivity contribution in [1.82, 2.24) is 0 Å². The minimum absolute atomic E-state index is 0.137. The number of furan rings is 1. The van der Waals surface area contributed by atoms with Gasteiger partial charge in [0.15, 0.2) is 0 Å². The molecule has 0 fully saturated rings. The van der Waals surface area contributed by atoms with Crippen LogP contribution in [0.1, 0.15) is 25.0 Å². The number of nitrogens with zero attached hydrogens (tertiary/aromatic N) is 3. The van der Waals surface area contributed by atoms with E-state index in [4.69, 9.17) is 4.42 Å². The van der Waals surface area contributed by atoms with Crippen LogP contribution in [-0.2, 0) is 5.41 Å². The van der Waals surface area contributed by atoms with Gasteiger partial charge in [0.05, 0.1) is 0 Å². The van der Waals surface area contributed by atoms with Crippen LogP contribution in [0.15, 0.2) is 556 Å². The van der Waals surface area contributed by atoms with Crippen LogP contribution in [0, 0.1) is 0 Å². The second-order valence-corrected chi connectivity index (χ2v) is 36.2. The number of hydrogen-bond acceptors (Lipinski definition) is 4. The summed E-state index contributed by atoms with van der Waals surface area (Å²) in [4.78, 5) is 6.95. The Balaban J connectivity index is 0.000000117. The third-order valence-electron chi connectivity index (χ3n) is 27.4. The van der Waals surface area contributed by atoms with Gasteiger partial charge in [0.25, 0.3) is 0 Å². The lowest BCUT2D eigenvalue weighted by Crippen LogP contribution is -2.16. The Morgan fingerprint density at radius 3 is 0.827 bits per heavy atom. The summed E-state index contributed by atoms with van der Waals surface area (Å²) in [6.07, 6.45) is 0. The maximum absolute atomic E-state index is 6.53. The van der Waals surface area contributed by atoms with Crippen molar-refractivity contribution in [2.24, 2.45) is 0 Å². The van der Waals surface area contributed by atoms with Crippen molar-refractivity contribution in [3.05, 3.63) is 563 Å². The van der Waals surface area contributed by atoms with Gasteiger partial charge in [0, 0.05) is 73.4 Å². The SMILES string of the molecule is CC1(C)c2cc(-c3ccc4cccc(-c5ccccc5)c4c3)ccc2-c2ccc(N(c3ccccc3)c3ccccc3)cc21.c1ccc(-c2ccc(N(c3ccc(-c4ccccc4)cc3)c3ccc(-c4ccc5cccc(-c6ccccc6-c6ccccc6)c5c4)cc3)cc2)cc1.c1ccc(-c2cccc3ccc(-c4ccc5c(c4)oc4cc(N(c6ccccc6)c6ccccc6)ccc45)cc23)cc1. The highest BCUT2D eigenvalue weighted by Crippen LogP contribution is 2.53. The largest absolute Gasteiger partial charge is 0.456 e. The Labute approximate surface area is 812 Å². The van der Waals surface area contributed by atoms with E-state index in [9.17, 15) is 0 Å². The lowest BCUT2D eigenvalue weighted by Gasteiger charge is -2.28. The van der Waals surface area contributed by atoms with Gasteiger partial charge in [0.2, 0.25) is 0 Å². The highest BCUT2D eigenvalue weighted by atomic mass is 16.3. The van der Waals surface area contributed by atoms with Crippen molar-refractivity contribution in [2.75, 3.05) is 14.7 Å². The quantitative estimate of drug-likeness (QED) is 0.0854. The topological polar surface area (TPSA) is 22.9 Å². The van der Waals surface area contributed by atoms with E-state index in [0.717, 1.165) is 73.0 Å². The molecule has 0 radical (unpaired) electrons. The Morgan fingerprint density at radius 2 is 0.396 bits per heavy atom. The Bertz CT molecular complexity index is 8350. The summed E-state index contributed by atoms with van der Waals surface area (Å²) in [5, 5.41) is 9.74. The molecule has 0 saturated carbocycles. The summed E-state index contributed by atoms with van der Waals surface area (Å²) < 4.78 is 6.53. The Kier molecular flexibility index (Phi) is 23.2. The molecule has 1 aliphatic carbocycles. The Morgan fingerprint density at radius 1 is 0.144 bits per heavy atom. The number of fused-ring (bicyclic) bond motifs is 9. The van der Waals surface area contributed by atoms with E-state index in [-0.39, 0.29) is 5.41 Å². The monoisotopic (exact) mass is 1780 g/mol. The zero-order chi connectivity index (χ0) is 93.0. The van der Waals surface area contributed by atoms with Gasteiger partial charge in [-0.3, -0.25) is 0 Å². The predicted molar refractivity (Wildman–Crippen MR) is 590 cm³/mol. The fraction of sp³-hybridized carbons (Fsp3) is 0.0222. The molecule has 1 aliphatic rings. The van der Waals surface area contributed by atoms with Crippen LogP contribution in [-0.4, -0.2) is 0 Å². The van der Waals surface area contributed by atoms with E-state index in [1.807, 2.05) is 12.1 Å². The van der Waals surface area contributed by atoms with E-state index < -0.39 is 0 Å². The first kappa shape index (κ1) is 85.2. The highest BCUT2D eigenvalue weighted by molar-refractivity contribution is 6.09. The van der Waals surface area contributed by atoms with Crippen LogP contribution >= 0.6 is 0 Å². The van der Waals surface area contributed by atoms with Crippen LogP contribution in [0.25, 0.3) is 166 Å². The number of hydrogen-bond donors (Lipinski definition) is 0. The molecular formula is C135H97N3O. The van der Waals surface area contributed by atoms with Crippen LogP contribution in [0.3, 0.4) is 0 Å². The molecule has 23 aromatic carbocycles. The molecule has 25 rings (SSSR count). The summed E-state index contributed by atoms with van der Waals surface area (Å²) in [5.74, 6) is 0. The average molecular weight is 1780 g/mol. The first-order chi connectivity index (χ1) is 68.7. The van der Waals surface area contributed by atoms with Crippen LogP contribution in [0.2, 0.25) is 0 Å². The van der Waals surface area contributed by atoms with Crippen molar-refractivity contribution >= 4 is 105 Å². The molecule has 24 aromatic rings. The molecule has 1 heterocycles. The molecule has 0 spiro atoms. The fourth-order valence-electron chi connectivity index (χ4n) is 20.4. The number of para-hydroxylation sites is 4. The first-order valence-electron chi connectivity index (χ1n) is 47.8. The number of benzene rings is 23. The maximum atomic E-state index is 6.53. The van der Waals surface area contributed by atoms with Crippen molar-refractivity contribution < 1.29 is 4.42 Å². The Hall–Kier alpha value is -18.0. The lowest BCUT2D eigenvalue weighted by molar-refractivity contribution is 0.660. The van der Waals surface area contributed by atoms with Crippen LogP contribution in [0.4, 0.5) is 51.2 Å². The van der Waals surface area contributed by atoms with Gasteiger partial charge in [0.1, 0.15) is 11.2 Å². The van der Waals surface area contributed by atoms with E-state index in [0.29, 0.717) is 0 Å². The molecule has 0 aliphatic heterocycles. The minimum Gasteiger partial charge on any atom is -0.456 e. The van der Waals surface area contributed by atoms with Gasteiger partial charge < -0.3 is 19.1 Å². The smallest absolute Gasteiger partial charge is 0.137 e. The normalized spacial score (nSPS) is 11.7. The summed E-state index contributed by atoms with van der Waals surface area (Å²) >= 11 is 0. The van der Waals surface area contributed by atoms with Crippen molar-refractivity contribution in [1.29, 1.82) is 0 Å². The first-order valence-corrected chi connectivity index (χ1v) is 47.8. The molecule has 4 heteroatoms. The van der Waals surface area contributed by atoms with E-state index in [1.54, 1.807) is 0 Å². The minimum atomic E-state index is -0.137. The van der Waals surface area contributed by atoms with Crippen molar-refractivity contribution in [3.63, 3.8) is 0 Å². The summed E-state index contributed by atoms with van der Waals surface area (Å²) in [6.45, 7) is 4.74. The van der Waals surface area contributed by atoms with Crippen molar-refractivity contribution in [2.45, 2.75) is 19.3 Å². The number of anilines is 9. The van der Waals surface area contributed by atoms with Gasteiger partial charge >= 0.3 is 0 Å². The summed E-state index contributed by atoms with van der Waals surface area (Å²) in [7, 11) is 0. The standard InChI is InChI=1S/C52H37N.C43H33N.C40H27NO/c1-4-13-38(14-5-1)40-25-31-46(32-26-40)53(47-33-27-41(28-34-47)39-15-6-2-7-16-39)48-35-29-42(30-36-48)45-24-23-44-19-12-22-51(52(44)37-45)50-21-11-10-20-49(50)43-17-8-3-9-18-43;1-43(2)41-28-33(32-22-21-31-15-12-20-37(40(31)27-32)30-13-6-3-7-14-30)23-25-38(41)39-26-24-36(29-42(39)43)44(34-16-8-4-9-17-34)35-18-10-5-11-19-35;1-4-11-28(12-5-1)35-18-10-13-29-19-20-30(25-38(29)35)31-21-23-36-37-24-22-34(27-40(37)42-39(36)26-31)41(32-14-6-2-7-15-32)33-16-8-3-9-17-33/h1-37H;3-29H,1-2H3;1-27H. The zero-order valence-corrected chi connectivity index (χ0v) is 77.3. The molecular weight excluding hydrogens is 1680 g/mol. The van der Waals surface area contributed by atoms with E-state index in [2.05, 4.69) is 568 Å². The summed E-state index contributed by atoms with van der Waals surface area (Å²) in [5.41, 5.74) is 39.0. The zero-order valence-electron chi connectivity index (χ0n) is 77.3. The van der Waals surface area contributed by atoms with Crippen LogP contribution in [0.5, 0.6) is 0 Å². The third kappa shape index (κ3) is 17.2. The molecule has 658 valence electrons. The van der Waals surface area contributed by atoms with Gasteiger partial charge in [-0.1, -0.05) is 414 Å². The molecule has 0 saturated heterocycles. The molecule has 0 unspecified atom stereocenters. The maximum Gasteiger partial charge on any atom is 0.137 e. The molecule has 139 heavy (non-hydrogen) atoms. The van der Waals surface area contributed by atoms with E-state index in [1.165, 1.54) is 155 Å². The second-order valence-electron chi connectivity index (χ2n) is 36.2. The van der Waals surface area contributed by atoms with Crippen LogP contribution < -0.4 is 14.7 Å². The molecule has 0 bridgehead atoms. The van der Waals surface area contributed by atoms with E-state index >= 15 is 0 Å². The van der Waals surface area contributed by atoms with Gasteiger partial charge in [-0.05, 0) is 300 Å². The van der Waals surface area contributed by atoms with Gasteiger partial charge in [-0.25, -0.2) is 0 Å². The van der Waals surface area contributed by atoms with Crippen molar-refractivity contribution in [3.8, 4) is 111 Å². The predicted octanol–water partition coefficient (Wildman–Crippen LogP) is 38.1. The lowest BCUT2D eigenvalue weighted by atomic mass is 9.81. The number of rotatable bonds is 18. The molecule has 0 atom stereocenters.